The first kappa shape index (κ1) is 21.1. The molecule has 25 heavy (non-hydrogen) atoms. The zero-order valence-corrected chi connectivity index (χ0v) is 15.4. The monoisotopic (exact) mass is 377 g/mol. The van der Waals surface area contributed by atoms with Crippen LogP contribution in [-0.2, 0) is 38.1 Å². The van der Waals surface area contributed by atoms with Crippen molar-refractivity contribution in [1.82, 2.24) is 5.32 Å². The molecule has 4 unspecified atom stereocenters. The van der Waals surface area contributed by atoms with Crippen LogP contribution in [0.25, 0.3) is 0 Å². The van der Waals surface area contributed by atoms with Crippen LogP contribution in [0.3, 0.4) is 0 Å². The molecule has 1 saturated heterocycles. The summed E-state index contributed by atoms with van der Waals surface area (Å²) in [6.45, 7) is 5.85. The van der Waals surface area contributed by atoms with Crippen molar-refractivity contribution in [2.45, 2.75) is 58.7 Å². The van der Waals surface area contributed by atoms with E-state index < -0.39 is 42.4 Å². The van der Waals surface area contributed by atoms with Gasteiger partial charge in [-0.1, -0.05) is 6.92 Å². The average Bonchev–Trinajstić information content (AvgIpc) is 2.49. The van der Waals surface area contributed by atoms with E-state index in [0.29, 0.717) is 6.61 Å². The SMILES string of the molecule is CCCOC(=S)NC1OCC(OC(C)=O)C(OC(C)=O)C1OC(C)=O. The number of nitrogens with one attached hydrogen (secondary N) is 1. The van der Waals surface area contributed by atoms with Gasteiger partial charge in [-0.2, -0.15) is 0 Å². The molecule has 0 aromatic carbocycles. The second-order valence-electron chi connectivity index (χ2n) is 5.33. The fraction of sp³-hybridized carbons (Fsp3) is 0.733. The Balaban J connectivity index is 2.96. The Bertz CT molecular complexity index is 512. The molecule has 0 spiro atoms. The predicted molar refractivity (Wildman–Crippen MR) is 88.4 cm³/mol. The molecule has 1 aliphatic heterocycles. The summed E-state index contributed by atoms with van der Waals surface area (Å²) in [7, 11) is 0. The molecule has 10 heteroatoms. The van der Waals surface area contributed by atoms with Crippen molar-refractivity contribution in [2.24, 2.45) is 0 Å². The molecule has 1 fully saturated rings. The number of thiocarbonyl (C=S) groups is 1. The minimum Gasteiger partial charge on any atom is -0.471 e. The highest BCUT2D eigenvalue weighted by Gasteiger charge is 2.47. The molecule has 0 aliphatic carbocycles. The van der Waals surface area contributed by atoms with Gasteiger partial charge in [0.2, 0.25) is 0 Å². The van der Waals surface area contributed by atoms with Gasteiger partial charge in [-0.05, 0) is 18.6 Å². The Kier molecular flexibility index (Phi) is 8.56. The fourth-order valence-corrected chi connectivity index (χ4v) is 2.42. The smallest absolute Gasteiger partial charge is 0.303 e. The Hall–Kier alpha value is -1.94. The number of ether oxygens (including phenoxy) is 5. The lowest BCUT2D eigenvalue weighted by Crippen LogP contribution is -2.62. The van der Waals surface area contributed by atoms with Crippen molar-refractivity contribution in [3.63, 3.8) is 0 Å². The summed E-state index contributed by atoms with van der Waals surface area (Å²) in [5, 5.41) is 2.82. The zero-order chi connectivity index (χ0) is 19.0. The molecule has 1 rings (SSSR count). The third kappa shape index (κ3) is 7.22. The maximum Gasteiger partial charge on any atom is 0.303 e. The highest BCUT2D eigenvalue weighted by molar-refractivity contribution is 7.80. The number of hydrogen-bond acceptors (Lipinski definition) is 9. The minimum atomic E-state index is -1.08. The summed E-state index contributed by atoms with van der Waals surface area (Å²) in [4.78, 5) is 34.2. The van der Waals surface area contributed by atoms with Gasteiger partial charge < -0.3 is 29.0 Å². The van der Waals surface area contributed by atoms with Crippen LogP contribution in [0.2, 0.25) is 0 Å². The van der Waals surface area contributed by atoms with Crippen LogP contribution in [-0.4, -0.2) is 60.8 Å². The maximum atomic E-state index is 11.5. The van der Waals surface area contributed by atoms with E-state index in [9.17, 15) is 14.4 Å². The van der Waals surface area contributed by atoms with Crippen molar-refractivity contribution < 1.29 is 38.1 Å². The van der Waals surface area contributed by atoms with E-state index in [1.165, 1.54) is 20.8 Å². The van der Waals surface area contributed by atoms with Crippen LogP contribution < -0.4 is 5.32 Å². The standard InChI is InChI=1S/C15H23NO8S/c1-5-6-20-15(25)16-14-13(24-10(4)19)12(23-9(3)18)11(7-21-14)22-8(2)17/h11-14H,5-7H2,1-4H3,(H,16,25). The Labute approximate surface area is 151 Å². The number of hydrogen-bond donors (Lipinski definition) is 1. The van der Waals surface area contributed by atoms with Crippen molar-refractivity contribution >= 4 is 35.3 Å². The largest absolute Gasteiger partial charge is 0.471 e. The van der Waals surface area contributed by atoms with Gasteiger partial charge in [0.15, 0.2) is 24.5 Å². The van der Waals surface area contributed by atoms with Gasteiger partial charge in [0, 0.05) is 20.8 Å². The summed E-state index contributed by atoms with van der Waals surface area (Å²) < 4.78 is 26.4. The molecule has 4 atom stereocenters. The third-order valence-electron chi connectivity index (χ3n) is 3.05. The van der Waals surface area contributed by atoms with E-state index in [1.54, 1.807) is 0 Å². The second-order valence-corrected chi connectivity index (χ2v) is 5.70. The first-order valence-electron chi connectivity index (χ1n) is 7.81. The van der Waals surface area contributed by atoms with Gasteiger partial charge in [-0.3, -0.25) is 14.4 Å². The van der Waals surface area contributed by atoms with Crippen LogP contribution in [0.1, 0.15) is 34.1 Å². The summed E-state index contributed by atoms with van der Waals surface area (Å²) in [6.07, 6.45) is -3.22. The van der Waals surface area contributed by atoms with E-state index in [-0.39, 0.29) is 11.8 Å². The summed E-state index contributed by atoms with van der Waals surface area (Å²) in [6, 6.07) is 0. The molecule has 9 nitrogen and oxygen atoms in total. The lowest BCUT2D eigenvalue weighted by atomic mass is 10.0. The lowest BCUT2D eigenvalue weighted by Gasteiger charge is -2.40. The molecule has 142 valence electrons. The molecular weight excluding hydrogens is 354 g/mol. The van der Waals surface area contributed by atoms with Gasteiger partial charge in [-0.15, -0.1) is 0 Å². The lowest BCUT2D eigenvalue weighted by molar-refractivity contribution is -0.228. The van der Waals surface area contributed by atoms with E-state index in [4.69, 9.17) is 35.9 Å². The molecule has 1 heterocycles. The number of rotatable bonds is 6. The van der Waals surface area contributed by atoms with Gasteiger partial charge in [-0.25, -0.2) is 0 Å². The summed E-state index contributed by atoms with van der Waals surface area (Å²) in [5.41, 5.74) is 0. The number of esters is 3. The van der Waals surface area contributed by atoms with Gasteiger partial charge in [0.05, 0.1) is 13.2 Å². The Morgan fingerprint density at radius 2 is 1.60 bits per heavy atom. The molecular formula is C15H23NO8S. The first-order valence-corrected chi connectivity index (χ1v) is 8.22. The van der Waals surface area contributed by atoms with E-state index in [0.717, 1.165) is 6.42 Å². The molecule has 0 amide bonds. The van der Waals surface area contributed by atoms with Crippen LogP contribution in [0, 0.1) is 0 Å². The highest BCUT2D eigenvalue weighted by Crippen LogP contribution is 2.23. The van der Waals surface area contributed by atoms with E-state index in [1.807, 2.05) is 6.92 Å². The second kappa shape index (κ2) is 10.1. The first-order chi connectivity index (χ1) is 11.7. The normalized spacial score (nSPS) is 25.4. The van der Waals surface area contributed by atoms with E-state index in [2.05, 4.69) is 5.32 Å². The van der Waals surface area contributed by atoms with Crippen molar-refractivity contribution in [1.29, 1.82) is 0 Å². The van der Waals surface area contributed by atoms with Crippen molar-refractivity contribution in [2.75, 3.05) is 13.2 Å². The topological polar surface area (TPSA) is 109 Å². The molecule has 0 aromatic rings. The van der Waals surface area contributed by atoms with Crippen LogP contribution in [0.15, 0.2) is 0 Å². The minimum absolute atomic E-state index is 0.0523. The highest BCUT2D eigenvalue weighted by atomic mass is 32.1. The van der Waals surface area contributed by atoms with Gasteiger partial charge in [0.1, 0.15) is 0 Å². The van der Waals surface area contributed by atoms with Gasteiger partial charge >= 0.3 is 17.9 Å². The molecule has 0 saturated carbocycles. The number of carbonyl (C=O) groups is 3. The van der Waals surface area contributed by atoms with E-state index >= 15 is 0 Å². The molecule has 1 aliphatic rings. The molecule has 1 N–H and O–H groups in total. The molecule has 0 aromatic heterocycles. The molecule has 0 radical (unpaired) electrons. The number of carbonyl (C=O) groups excluding carboxylic acids is 3. The predicted octanol–water partition coefficient (Wildman–Crippen LogP) is 0.439. The average molecular weight is 377 g/mol. The van der Waals surface area contributed by atoms with Crippen molar-refractivity contribution in [3.05, 3.63) is 0 Å². The summed E-state index contributed by atoms with van der Waals surface area (Å²) >= 11 is 5.05. The molecule has 0 bridgehead atoms. The fourth-order valence-electron chi connectivity index (χ4n) is 2.22. The third-order valence-corrected chi connectivity index (χ3v) is 3.28. The van der Waals surface area contributed by atoms with Crippen molar-refractivity contribution in [3.8, 4) is 0 Å². The zero-order valence-electron chi connectivity index (χ0n) is 14.6. The summed E-state index contributed by atoms with van der Waals surface area (Å²) in [5.74, 6) is -1.83. The van der Waals surface area contributed by atoms with Crippen LogP contribution in [0.5, 0.6) is 0 Å². The van der Waals surface area contributed by atoms with Crippen LogP contribution >= 0.6 is 12.2 Å². The maximum absolute atomic E-state index is 11.5. The van der Waals surface area contributed by atoms with Gasteiger partial charge in [0.25, 0.3) is 5.17 Å². The van der Waals surface area contributed by atoms with Crippen LogP contribution in [0.4, 0.5) is 0 Å². The quantitative estimate of drug-likeness (QED) is 0.398. The Morgan fingerprint density at radius 1 is 1.04 bits per heavy atom. The Morgan fingerprint density at radius 3 is 2.12 bits per heavy atom.